The molecule has 1 amide bonds. The van der Waals surface area contributed by atoms with Gasteiger partial charge in [0.1, 0.15) is 11.6 Å². The van der Waals surface area contributed by atoms with Gasteiger partial charge in [0.15, 0.2) is 5.69 Å². The molecule has 3 aromatic rings. The second-order valence-electron chi connectivity index (χ2n) is 5.75. The Hall–Kier alpha value is -3.49. The maximum atomic E-state index is 13.6. The monoisotopic (exact) mass is 390 g/mol. The minimum atomic E-state index is -4.60. The van der Waals surface area contributed by atoms with E-state index in [9.17, 15) is 22.4 Å². The van der Waals surface area contributed by atoms with Gasteiger partial charge in [-0.1, -0.05) is 30.3 Å². The molecule has 0 radical (unpaired) electrons. The van der Waals surface area contributed by atoms with Gasteiger partial charge in [-0.25, -0.2) is 4.39 Å². The summed E-state index contributed by atoms with van der Waals surface area (Å²) in [6.45, 7) is 0.159. The lowest BCUT2D eigenvalue weighted by Crippen LogP contribution is -2.18. The number of hydrogen-bond acceptors (Lipinski definition) is 4. The van der Waals surface area contributed by atoms with Crippen LogP contribution < -0.4 is 10.6 Å². The molecular formula is C19H14F4N4O. The molecule has 0 saturated heterocycles. The Morgan fingerprint density at radius 2 is 1.64 bits per heavy atom. The zero-order valence-electron chi connectivity index (χ0n) is 14.3. The highest BCUT2D eigenvalue weighted by Crippen LogP contribution is 2.34. The number of nitrogens with one attached hydrogen (secondary N) is 2. The average molecular weight is 390 g/mol. The predicted octanol–water partition coefficient (Wildman–Crippen LogP) is 4.50. The van der Waals surface area contributed by atoms with Gasteiger partial charge >= 0.3 is 6.18 Å². The van der Waals surface area contributed by atoms with E-state index in [-0.39, 0.29) is 29.6 Å². The minimum Gasteiger partial charge on any atom is -0.364 e. The van der Waals surface area contributed by atoms with E-state index < -0.39 is 17.6 Å². The summed E-state index contributed by atoms with van der Waals surface area (Å²) in [7, 11) is 0. The van der Waals surface area contributed by atoms with Crippen LogP contribution in [0.1, 0.15) is 21.6 Å². The van der Waals surface area contributed by atoms with Crippen LogP contribution in [-0.4, -0.2) is 16.1 Å². The van der Waals surface area contributed by atoms with Crippen LogP contribution >= 0.6 is 0 Å². The van der Waals surface area contributed by atoms with Crippen molar-refractivity contribution in [2.45, 2.75) is 12.7 Å². The number of para-hydroxylation sites is 1. The summed E-state index contributed by atoms with van der Waals surface area (Å²) in [6, 6.07) is 13.6. The van der Waals surface area contributed by atoms with Gasteiger partial charge < -0.3 is 10.6 Å². The van der Waals surface area contributed by atoms with Gasteiger partial charge in [0.25, 0.3) is 5.91 Å². The summed E-state index contributed by atoms with van der Waals surface area (Å²) < 4.78 is 52.6. The number of alkyl halides is 3. The maximum Gasteiger partial charge on any atom is 0.418 e. The van der Waals surface area contributed by atoms with E-state index in [0.29, 0.717) is 5.56 Å². The van der Waals surface area contributed by atoms with Crippen LogP contribution in [0.3, 0.4) is 0 Å². The molecular weight excluding hydrogens is 376 g/mol. The normalized spacial score (nSPS) is 11.1. The number of hydrogen-bond donors (Lipinski definition) is 2. The number of carbonyl (C=O) groups excluding carboxylic acids is 1. The van der Waals surface area contributed by atoms with E-state index in [1.165, 1.54) is 30.3 Å². The quantitative estimate of drug-likeness (QED) is 0.630. The van der Waals surface area contributed by atoms with Crippen LogP contribution in [0.2, 0.25) is 0 Å². The fraction of sp³-hybridized carbons (Fsp3) is 0.105. The topological polar surface area (TPSA) is 66.9 Å². The fourth-order valence-corrected chi connectivity index (χ4v) is 2.40. The SMILES string of the molecule is O=C(Nc1ccccc1C(F)(F)F)c1ccc(NCc2ccccc2F)nn1. The van der Waals surface area contributed by atoms with Gasteiger partial charge in [-0.15, -0.1) is 10.2 Å². The van der Waals surface area contributed by atoms with Crippen molar-refractivity contribution in [1.82, 2.24) is 10.2 Å². The van der Waals surface area contributed by atoms with Crippen molar-refractivity contribution in [3.63, 3.8) is 0 Å². The Labute approximate surface area is 157 Å². The van der Waals surface area contributed by atoms with Crippen molar-refractivity contribution in [2.75, 3.05) is 10.6 Å². The fourth-order valence-electron chi connectivity index (χ4n) is 2.40. The predicted molar refractivity (Wildman–Crippen MR) is 95.2 cm³/mol. The van der Waals surface area contributed by atoms with E-state index in [4.69, 9.17) is 0 Å². The number of anilines is 2. The van der Waals surface area contributed by atoms with Crippen LogP contribution in [0.5, 0.6) is 0 Å². The molecule has 1 aromatic heterocycles. The molecule has 0 aliphatic rings. The minimum absolute atomic E-state index is 0.159. The first-order valence-electron chi connectivity index (χ1n) is 8.13. The van der Waals surface area contributed by atoms with Crippen LogP contribution in [-0.2, 0) is 12.7 Å². The lowest BCUT2D eigenvalue weighted by molar-refractivity contribution is -0.136. The van der Waals surface area contributed by atoms with E-state index in [1.807, 2.05) is 0 Å². The van der Waals surface area contributed by atoms with Crippen LogP contribution in [0.25, 0.3) is 0 Å². The highest BCUT2D eigenvalue weighted by atomic mass is 19.4. The van der Waals surface area contributed by atoms with Crippen molar-refractivity contribution in [1.29, 1.82) is 0 Å². The first-order valence-corrected chi connectivity index (χ1v) is 8.13. The van der Waals surface area contributed by atoms with Crippen molar-refractivity contribution < 1.29 is 22.4 Å². The number of aromatic nitrogens is 2. The molecule has 5 nitrogen and oxygen atoms in total. The van der Waals surface area contributed by atoms with Crippen LogP contribution in [0.15, 0.2) is 60.7 Å². The molecule has 144 valence electrons. The second kappa shape index (κ2) is 8.03. The summed E-state index contributed by atoms with van der Waals surface area (Å²) in [4.78, 5) is 12.2. The Morgan fingerprint density at radius 3 is 2.32 bits per heavy atom. The van der Waals surface area contributed by atoms with Gasteiger partial charge in [-0.2, -0.15) is 13.2 Å². The van der Waals surface area contributed by atoms with E-state index in [0.717, 1.165) is 12.1 Å². The lowest BCUT2D eigenvalue weighted by Gasteiger charge is -2.13. The number of carbonyl (C=O) groups is 1. The summed E-state index contributed by atoms with van der Waals surface area (Å²) in [5, 5.41) is 12.5. The average Bonchev–Trinajstić information content (AvgIpc) is 2.67. The molecule has 0 unspecified atom stereocenters. The molecule has 28 heavy (non-hydrogen) atoms. The molecule has 1 heterocycles. The van der Waals surface area contributed by atoms with Gasteiger partial charge in [-0.05, 0) is 30.3 Å². The lowest BCUT2D eigenvalue weighted by atomic mass is 10.1. The van der Waals surface area contributed by atoms with Crippen LogP contribution in [0.4, 0.5) is 29.1 Å². The molecule has 9 heteroatoms. The first-order chi connectivity index (χ1) is 13.3. The van der Waals surface area contributed by atoms with Crippen molar-refractivity contribution >= 4 is 17.4 Å². The third-order valence-corrected chi connectivity index (χ3v) is 3.80. The first kappa shape index (κ1) is 19.3. The van der Waals surface area contributed by atoms with Gasteiger partial charge in [0.05, 0.1) is 11.3 Å². The number of benzene rings is 2. The third kappa shape index (κ3) is 4.61. The van der Waals surface area contributed by atoms with Crippen molar-refractivity contribution in [2.24, 2.45) is 0 Å². The second-order valence-corrected chi connectivity index (χ2v) is 5.75. The number of halogens is 4. The van der Waals surface area contributed by atoms with Gasteiger partial charge in [-0.3, -0.25) is 4.79 Å². The summed E-state index contributed by atoms with van der Waals surface area (Å²) >= 11 is 0. The zero-order chi connectivity index (χ0) is 20.1. The number of nitrogens with zero attached hydrogens (tertiary/aromatic N) is 2. The zero-order valence-corrected chi connectivity index (χ0v) is 14.3. The molecule has 0 saturated carbocycles. The molecule has 2 aromatic carbocycles. The van der Waals surface area contributed by atoms with Crippen molar-refractivity contribution in [3.05, 3.63) is 83.3 Å². The molecule has 2 N–H and O–H groups in total. The molecule has 0 aliphatic heterocycles. The van der Waals surface area contributed by atoms with E-state index >= 15 is 0 Å². The standard InChI is InChI=1S/C19H14F4N4O/c20-14-7-3-1-5-12(14)11-24-17-10-9-16(26-27-17)18(28)25-15-8-4-2-6-13(15)19(21,22)23/h1-10H,11H2,(H,24,27)(H,25,28). The molecule has 0 atom stereocenters. The Morgan fingerprint density at radius 1 is 0.929 bits per heavy atom. The highest BCUT2D eigenvalue weighted by Gasteiger charge is 2.33. The molecule has 3 rings (SSSR count). The smallest absolute Gasteiger partial charge is 0.364 e. The number of amides is 1. The number of rotatable bonds is 5. The Kier molecular flexibility index (Phi) is 5.53. The molecule has 0 fully saturated rings. The third-order valence-electron chi connectivity index (χ3n) is 3.80. The Balaban J connectivity index is 1.67. The summed E-state index contributed by atoms with van der Waals surface area (Å²) in [5.74, 6) is -0.914. The van der Waals surface area contributed by atoms with Crippen molar-refractivity contribution in [3.8, 4) is 0 Å². The van der Waals surface area contributed by atoms with Crippen LogP contribution in [0, 0.1) is 5.82 Å². The Bertz CT molecular complexity index is 974. The summed E-state index contributed by atoms with van der Waals surface area (Å²) in [5.41, 5.74) is -1.06. The molecule has 0 aliphatic carbocycles. The van der Waals surface area contributed by atoms with E-state index in [1.54, 1.807) is 18.2 Å². The molecule has 0 bridgehead atoms. The molecule has 0 spiro atoms. The maximum absolute atomic E-state index is 13.6. The summed E-state index contributed by atoms with van der Waals surface area (Å²) in [6.07, 6.45) is -4.60. The largest absolute Gasteiger partial charge is 0.418 e. The highest BCUT2D eigenvalue weighted by molar-refractivity contribution is 6.03. The van der Waals surface area contributed by atoms with Gasteiger partial charge in [0, 0.05) is 12.1 Å². The van der Waals surface area contributed by atoms with Gasteiger partial charge in [0.2, 0.25) is 0 Å². The van der Waals surface area contributed by atoms with E-state index in [2.05, 4.69) is 20.8 Å².